The Bertz CT molecular complexity index is 838. The van der Waals surface area contributed by atoms with Crippen LogP contribution in [0.25, 0.3) is 0 Å². The highest BCUT2D eigenvalue weighted by Crippen LogP contribution is 2.23. The maximum Gasteiger partial charge on any atom is 0.223 e. The highest BCUT2D eigenvalue weighted by Gasteiger charge is 2.16. The molecule has 0 aromatic heterocycles. The highest BCUT2D eigenvalue weighted by molar-refractivity contribution is 5.98. The van der Waals surface area contributed by atoms with Crippen molar-refractivity contribution >= 4 is 11.7 Å². The maximum atomic E-state index is 12.5. The topological polar surface area (TPSA) is 37.4 Å². The Morgan fingerprint density at radius 3 is 2.50 bits per heavy atom. The van der Waals surface area contributed by atoms with Gasteiger partial charge in [0, 0.05) is 32.0 Å². The van der Waals surface area contributed by atoms with Crippen LogP contribution >= 0.6 is 0 Å². The van der Waals surface area contributed by atoms with E-state index in [1.54, 1.807) is 4.90 Å². The monoisotopic (exact) mass is 349 g/mol. The fourth-order valence-electron chi connectivity index (χ4n) is 3.67. The van der Waals surface area contributed by atoms with Gasteiger partial charge in [-0.1, -0.05) is 35.9 Å². The zero-order valence-electron chi connectivity index (χ0n) is 16.0. The fourth-order valence-corrected chi connectivity index (χ4v) is 3.67. The highest BCUT2D eigenvalue weighted by atomic mass is 16.2. The molecule has 0 N–H and O–H groups in total. The van der Waals surface area contributed by atoms with E-state index in [0.29, 0.717) is 6.54 Å². The van der Waals surface area contributed by atoms with E-state index in [0.717, 1.165) is 24.0 Å². The van der Waals surface area contributed by atoms with E-state index in [-0.39, 0.29) is 24.5 Å². The van der Waals surface area contributed by atoms with Gasteiger partial charge in [0.15, 0.2) is 5.78 Å². The first-order chi connectivity index (χ1) is 12.4. The molecule has 0 unspecified atom stereocenters. The molecule has 26 heavy (non-hydrogen) atoms. The van der Waals surface area contributed by atoms with Crippen molar-refractivity contribution in [3.63, 3.8) is 0 Å². The molecular formula is C23H27NO2. The van der Waals surface area contributed by atoms with Crippen molar-refractivity contribution < 1.29 is 9.59 Å². The minimum atomic E-state index is 0.0134. The molecule has 0 fully saturated rings. The minimum Gasteiger partial charge on any atom is -0.341 e. The largest absolute Gasteiger partial charge is 0.341 e. The van der Waals surface area contributed by atoms with Crippen LogP contribution in [0.4, 0.5) is 0 Å². The van der Waals surface area contributed by atoms with Gasteiger partial charge < -0.3 is 4.90 Å². The second-order valence-corrected chi connectivity index (χ2v) is 7.44. The Labute approximate surface area is 156 Å². The van der Waals surface area contributed by atoms with E-state index in [2.05, 4.69) is 38.1 Å². The minimum absolute atomic E-state index is 0.0134. The van der Waals surface area contributed by atoms with E-state index < -0.39 is 0 Å². The third-order valence-corrected chi connectivity index (χ3v) is 5.32. The van der Waals surface area contributed by atoms with Gasteiger partial charge >= 0.3 is 0 Å². The summed E-state index contributed by atoms with van der Waals surface area (Å²) in [5.41, 5.74) is 6.98. The molecule has 3 rings (SSSR count). The first-order valence-electron chi connectivity index (χ1n) is 9.39. The van der Waals surface area contributed by atoms with E-state index in [4.69, 9.17) is 0 Å². The van der Waals surface area contributed by atoms with Crippen LogP contribution in [-0.2, 0) is 24.2 Å². The van der Waals surface area contributed by atoms with Crippen LogP contribution in [-0.4, -0.2) is 23.6 Å². The summed E-state index contributed by atoms with van der Waals surface area (Å²) in [5.74, 6) is 0.0763. The second kappa shape index (κ2) is 7.86. The molecule has 2 aromatic rings. The zero-order valence-corrected chi connectivity index (χ0v) is 16.0. The fraction of sp³-hybridized carbons (Fsp3) is 0.391. The molecular weight excluding hydrogens is 322 g/mol. The van der Waals surface area contributed by atoms with Crippen LogP contribution in [0, 0.1) is 13.8 Å². The summed E-state index contributed by atoms with van der Waals surface area (Å²) in [6.45, 7) is 4.71. The third kappa shape index (κ3) is 4.21. The standard InChI is InChI=1S/C23H27NO2/c1-16-7-8-21(17(2)13-16)15-24(3)23(26)12-11-22(25)20-10-9-18-5-4-6-19(18)14-20/h7-10,13-14H,4-6,11-12,15H2,1-3H3. The summed E-state index contributed by atoms with van der Waals surface area (Å²) < 4.78 is 0. The van der Waals surface area contributed by atoms with E-state index in [9.17, 15) is 9.59 Å². The molecule has 0 radical (unpaired) electrons. The molecule has 1 aliphatic carbocycles. The molecule has 0 aliphatic heterocycles. The number of benzene rings is 2. The van der Waals surface area contributed by atoms with Crippen molar-refractivity contribution in [1.29, 1.82) is 0 Å². The summed E-state index contributed by atoms with van der Waals surface area (Å²) in [6.07, 6.45) is 3.89. The SMILES string of the molecule is Cc1ccc(CN(C)C(=O)CCC(=O)c2ccc3c(c2)CCC3)c(C)c1. The quantitative estimate of drug-likeness (QED) is 0.724. The van der Waals surface area contributed by atoms with Crippen LogP contribution in [0.5, 0.6) is 0 Å². The van der Waals surface area contributed by atoms with Crippen LogP contribution < -0.4 is 0 Å². The number of hydrogen-bond donors (Lipinski definition) is 0. The molecule has 3 nitrogen and oxygen atoms in total. The van der Waals surface area contributed by atoms with Crippen LogP contribution in [0.15, 0.2) is 36.4 Å². The summed E-state index contributed by atoms with van der Waals surface area (Å²) in [6, 6.07) is 12.3. The van der Waals surface area contributed by atoms with Gasteiger partial charge in [-0.2, -0.15) is 0 Å². The number of ketones is 1. The molecule has 0 saturated carbocycles. The molecule has 1 aliphatic rings. The lowest BCUT2D eigenvalue weighted by Crippen LogP contribution is -2.26. The summed E-state index contributed by atoms with van der Waals surface area (Å²) in [5, 5.41) is 0. The summed E-state index contributed by atoms with van der Waals surface area (Å²) in [4.78, 5) is 26.6. The number of nitrogens with zero attached hydrogens (tertiary/aromatic N) is 1. The average molecular weight is 349 g/mol. The molecule has 1 amide bonds. The van der Waals surface area contributed by atoms with Crippen molar-refractivity contribution in [3.05, 3.63) is 69.8 Å². The van der Waals surface area contributed by atoms with Crippen LogP contribution in [0.3, 0.4) is 0 Å². The van der Waals surface area contributed by atoms with Crippen molar-refractivity contribution in [2.75, 3.05) is 7.05 Å². The number of rotatable bonds is 6. The van der Waals surface area contributed by atoms with Gasteiger partial charge in [-0.05, 0) is 61.4 Å². The third-order valence-electron chi connectivity index (χ3n) is 5.32. The molecule has 0 bridgehead atoms. The Hall–Kier alpha value is -2.42. The second-order valence-electron chi connectivity index (χ2n) is 7.44. The lowest BCUT2D eigenvalue weighted by atomic mass is 10.0. The van der Waals surface area contributed by atoms with Crippen LogP contribution in [0.1, 0.15) is 57.4 Å². The van der Waals surface area contributed by atoms with Gasteiger partial charge in [0.2, 0.25) is 5.91 Å². The van der Waals surface area contributed by atoms with Crippen molar-refractivity contribution in [3.8, 4) is 0 Å². The van der Waals surface area contributed by atoms with Gasteiger partial charge in [-0.3, -0.25) is 9.59 Å². The number of fused-ring (bicyclic) bond motifs is 1. The molecule has 3 heteroatoms. The smallest absolute Gasteiger partial charge is 0.223 e. The number of hydrogen-bond acceptors (Lipinski definition) is 2. The van der Waals surface area contributed by atoms with Crippen LogP contribution in [0.2, 0.25) is 0 Å². The summed E-state index contributed by atoms with van der Waals surface area (Å²) in [7, 11) is 1.81. The van der Waals surface area contributed by atoms with Gasteiger partial charge in [0.05, 0.1) is 0 Å². The normalized spacial score (nSPS) is 12.7. The molecule has 0 spiro atoms. The van der Waals surface area contributed by atoms with Gasteiger partial charge in [-0.15, -0.1) is 0 Å². The number of Topliss-reactive ketones (excluding diaryl/α,β-unsaturated/α-hetero) is 1. The Morgan fingerprint density at radius 1 is 0.962 bits per heavy atom. The maximum absolute atomic E-state index is 12.5. The first-order valence-corrected chi connectivity index (χ1v) is 9.39. The molecule has 0 heterocycles. The number of carbonyl (C=O) groups is 2. The molecule has 136 valence electrons. The predicted molar refractivity (Wildman–Crippen MR) is 104 cm³/mol. The van der Waals surface area contributed by atoms with Gasteiger partial charge in [0.1, 0.15) is 0 Å². The van der Waals surface area contributed by atoms with E-state index in [1.165, 1.54) is 28.7 Å². The predicted octanol–water partition coefficient (Wildman–Crippen LogP) is 4.41. The molecule has 0 atom stereocenters. The summed E-state index contributed by atoms with van der Waals surface area (Å²) >= 11 is 0. The number of carbonyl (C=O) groups excluding carboxylic acids is 2. The van der Waals surface area contributed by atoms with E-state index in [1.807, 2.05) is 19.2 Å². The Kier molecular flexibility index (Phi) is 5.55. The lowest BCUT2D eigenvalue weighted by molar-refractivity contribution is -0.130. The number of aryl methyl sites for hydroxylation is 4. The lowest BCUT2D eigenvalue weighted by Gasteiger charge is -2.18. The first kappa shape index (κ1) is 18.4. The average Bonchev–Trinajstić information content (AvgIpc) is 3.09. The van der Waals surface area contributed by atoms with Crippen molar-refractivity contribution in [2.24, 2.45) is 0 Å². The van der Waals surface area contributed by atoms with Gasteiger partial charge in [-0.25, -0.2) is 0 Å². The number of amides is 1. The van der Waals surface area contributed by atoms with Gasteiger partial charge in [0.25, 0.3) is 0 Å². The van der Waals surface area contributed by atoms with Crippen molar-refractivity contribution in [1.82, 2.24) is 4.90 Å². The zero-order chi connectivity index (χ0) is 18.7. The van der Waals surface area contributed by atoms with Crippen molar-refractivity contribution in [2.45, 2.75) is 52.5 Å². The molecule has 2 aromatic carbocycles. The van der Waals surface area contributed by atoms with E-state index >= 15 is 0 Å². The Morgan fingerprint density at radius 2 is 1.73 bits per heavy atom. The molecule has 0 saturated heterocycles. The Balaban J connectivity index is 1.55.